The molecule has 0 bridgehead atoms. The van der Waals surface area contributed by atoms with Gasteiger partial charge in [0.2, 0.25) is 0 Å². The summed E-state index contributed by atoms with van der Waals surface area (Å²) in [5.74, 6) is 0. The standard InChI is InChI=1S/C27H17N3/c1-18-9-14-26-24(15-18)23-7-2-3-8-25(23)30(26)22-12-10-19(11-13-22)27-20(16-28)5-4-6-21(27)17-29/h2-15H,1H3. The Labute approximate surface area is 174 Å². The van der Waals surface area contributed by atoms with Gasteiger partial charge in [0, 0.05) is 22.0 Å². The van der Waals surface area contributed by atoms with E-state index in [1.807, 2.05) is 12.1 Å². The molecule has 1 aromatic heterocycles. The van der Waals surface area contributed by atoms with Gasteiger partial charge in [0.25, 0.3) is 0 Å². The molecule has 0 spiro atoms. The van der Waals surface area contributed by atoms with Crippen LogP contribution in [0.25, 0.3) is 38.6 Å². The van der Waals surface area contributed by atoms with Crippen LogP contribution in [-0.4, -0.2) is 4.57 Å². The van der Waals surface area contributed by atoms with E-state index in [1.165, 1.54) is 16.3 Å². The van der Waals surface area contributed by atoms with Gasteiger partial charge in [0.15, 0.2) is 0 Å². The van der Waals surface area contributed by atoms with Gasteiger partial charge in [-0.15, -0.1) is 0 Å². The number of aryl methyl sites for hydroxylation is 1. The van der Waals surface area contributed by atoms with Gasteiger partial charge in [-0.25, -0.2) is 0 Å². The Kier molecular flexibility index (Phi) is 4.09. The van der Waals surface area contributed by atoms with Crippen molar-refractivity contribution in [3.05, 3.63) is 102 Å². The largest absolute Gasteiger partial charge is 0.309 e. The smallest absolute Gasteiger partial charge is 0.0998 e. The van der Waals surface area contributed by atoms with Gasteiger partial charge in [-0.1, -0.05) is 48.0 Å². The molecule has 30 heavy (non-hydrogen) atoms. The molecule has 0 atom stereocenters. The van der Waals surface area contributed by atoms with E-state index in [0.29, 0.717) is 16.7 Å². The van der Waals surface area contributed by atoms with Crippen LogP contribution in [0.1, 0.15) is 16.7 Å². The molecule has 5 aromatic rings. The highest BCUT2D eigenvalue weighted by Crippen LogP contribution is 2.34. The first-order valence-electron chi connectivity index (χ1n) is 9.75. The zero-order valence-electron chi connectivity index (χ0n) is 16.4. The third-order valence-corrected chi connectivity index (χ3v) is 5.55. The van der Waals surface area contributed by atoms with Gasteiger partial charge in [0.05, 0.1) is 34.3 Å². The lowest BCUT2D eigenvalue weighted by Crippen LogP contribution is -1.95. The minimum Gasteiger partial charge on any atom is -0.309 e. The van der Waals surface area contributed by atoms with Crippen molar-refractivity contribution in [3.63, 3.8) is 0 Å². The molecular formula is C27H17N3. The molecule has 3 heteroatoms. The predicted molar refractivity (Wildman–Crippen MR) is 120 cm³/mol. The summed E-state index contributed by atoms with van der Waals surface area (Å²) >= 11 is 0. The third-order valence-electron chi connectivity index (χ3n) is 5.55. The fourth-order valence-electron chi connectivity index (χ4n) is 4.19. The molecule has 0 radical (unpaired) electrons. The average molecular weight is 383 g/mol. The molecule has 0 aliphatic carbocycles. The van der Waals surface area contributed by atoms with E-state index in [2.05, 4.69) is 78.2 Å². The number of nitrogens with zero attached hydrogens (tertiary/aromatic N) is 3. The molecule has 0 saturated carbocycles. The summed E-state index contributed by atoms with van der Waals surface area (Å²) in [6.45, 7) is 2.11. The molecule has 0 saturated heterocycles. The number of para-hydroxylation sites is 1. The molecule has 0 amide bonds. The molecule has 5 rings (SSSR count). The fourth-order valence-corrected chi connectivity index (χ4v) is 4.19. The van der Waals surface area contributed by atoms with Crippen molar-refractivity contribution in [2.24, 2.45) is 0 Å². The average Bonchev–Trinajstić information content (AvgIpc) is 3.12. The molecule has 0 fully saturated rings. The van der Waals surface area contributed by atoms with E-state index in [1.54, 1.807) is 18.2 Å². The number of hydrogen-bond donors (Lipinski definition) is 0. The lowest BCUT2D eigenvalue weighted by Gasteiger charge is -2.11. The minimum atomic E-state index is 0.508. The Morgan fingerprint density at radius 2 is 1.33 bits per heavy atom. The predicted octanol–water partition coefficient (Wildman–Crippen LogP) is 6.50. The molecule has 0 aliphatic heterocycles. The van der Waals surface area contributed by atoms with E-state index < -0.39 is 0 Å². The summed E-state index contributed by atoms with van der Waals surface area (Å²) in [4.78, 5) is 0. The third kappa shape index (κ3) is 2.65. The van der Waals surface area contributed by atoms with E-state index >= 15 is 0 Å². The van der Waals surface area contributed by atoms with E-state index in [4.69, 9.17) is 0 Å². The minimum absolute atomic E-state index is 0.508. The Balaban J connectivity index is 1.73. The number of benzene rings is 4. The SMILES string of the molecule is Cc1ccc2c(c1)c1ccccc1n2-c1ccc(-c2c(C#N)cccc2C#N)cc1. The molecule has 3 nitrogen and oxygen atoms in total. The van der Waals surface area contributed by atoms with Crippen LogP contribution in [0.2, 0.25) is 0 Å². The first-order valence-corrected chi connectivity index (χ1v) is 9.75. The van der Waals surface area contributed by atoms with Gasteiger partial charge >= 0.3 is 0 Å². The van der Waals surface area contributed by atoms with Crippen LogP contribution in [0.5, 0.6) is 0 Å². The number of rotatable bonds is 2. The summed E-state index contributed by atoms with van der Waals surface area (Å²) in [6, 6.07) is 32.7. The second-order valence-corrected chi connectivity index (χ2v) is 7.37. The van der Waals surface area contributed by atoms with Crippen molar-refractivity contribution in [2.75, 3.05) is 0 Å². The molecule has 4 aromatic carbocycles. The summed E-state index contributed by atoms with van der Waals surface area (Å²) in [5, 5.41) is 21.5. The zero-order chi connectivity index (χ0) is 20.7. The van der Waals surface area contributed by atoms with Gasteiger partial charge in [0.1, 0.15) is 0 Å². The molecule has 1 heterocycles. The van der Waals surface area contributed by atoms with Gasteiger partial charge < -0.3 is 4.57 Å². The first kappa shape index (κ1) is 17.7. The summed E-state index contributed by atoms with van der Waals surface area (Å²) in [6.07, 6.45) is 0. The molecule has 0 unspecified atom stereocenters. The highest BCUT2D eigenvalue weighted by atomic mass is 15.0. The van der Waals surface area contributed by atoms with Crippen LogP contribution in [0.15, 0.2) is 84.9 Å². The van der Waals surface area contributed by atoms with E-state index in [-0.39, 0.29) is 0 Å². The normalized spacial score (nSPS) is 10.8. The maximum absolute atomic E-state index is 9.50. The summed E-state index contributed by atoms with van der Waals surface area (Å²) in [5.41, 5.74) is 7.16. The molecule has 140 valence electrons. The Bertz CT molecular complexity index is 1470. The van der Waals surface area contributed by atoms with Crippen LogP contribution >= 0.6 is 0 Å². The molecule has 0 aliphatic rings. The van der Waals surface area contributed by atoms with Crippen molar-refractivity contribution >= 4 is 21.8 Å². The van der Waals surface area contributed by atoms with E-state index in [0.717, 1.165) is 22.3 Å². The van der Waals surface area contributed by atoms with Crippen molar-refractivity contribution in [2.45, 2.75) is 6.92 Å². The topological polar surface area (TPSA) is 52.5 Å². The number of hydrogen-bond acceptors (Lipinski definition) is 2. The van der Waals surface area contributed by atoms with Gasteiger partial charge in [-0.3, -0.25) is 0 Å². The Morgan fingerprint density at radius 3 is 2.03 bits per heavy atom. The van der Waals surface area contributed by atoms with Gasteiger partial charge in [-0.05, 0) is 55.0 Å². The van der Waals surface area contributed by atoms with Crippen molar-refractivity contribution in [1.82, 2.24) is 4.57 Å². The highest BCUT2D eigenvalue weighted by Gasteiger charge is 2.14. The zero-order valence-corrected chi connectivity index (χ0v) is 16.4. The molecular weight excluding hydrogens is 366 g/mol. The van der Waals surface area contributed by atoms with Crippen LogP contribution in [-0.2, 0) is 0 Å². The summed E-state index contributed by atoms with van der Waals surface area (Å²) < 4.78 is 2.26. The monoisotopic (exact) mass is 383 g/mol. The van der Waals surface area contributed by atoms with Crippen molar-refractivity contribution < 1.29 is 0 Å². The Hall–Kier alpha value is -4.34. The number of fused-ring (bicyclic) bond motifs is 3. The second-order valence-electron chi connectivity index (χ2n) is 7.37. The first-order chi connectivity index (χ1) is 14.7. The quantitative estimate of drug-likeness (QED) is 0.349. The maximum atomic E-state index is 9.50. The van der Waals surface area contributed by atoms with E-state index in [9.17, 15) is 10.5 Å². The number of nitriles is 2. The van der Waals surface area contributed by atoms with Crippen LogP contribution < -0.4 is 0 Å². The van der Waals surface area contributed by atoms with Crippen LogP contribution in [0, 0.1) is 29.6 Å². The number of aromatic nitrogens is 1. The summed E-state index contributed by atoms with van der Waals surface area (Å²) in [7, 11) is 0. The fraction of sp³-hybridized carbons (Fsp3) is 0.0370. The van der Waals surface area contributed by atoms with Crippen molar-refractivity contribution in [3.8, 4) is 29.0 Å². The van der Waals surface area contributed by atoms with Crippen LogP contribution in [0.4, 0.5) is 0 Å². The van der Waals surface area contributed by atoms with Crippen molar-refractivity contribution in [1.29, 1.82) is 10.5 Å². The van der Waals surface area contributed by atoms with Crippen LogP contribution in [0.3, 0.4) is 0 Å². The lowest BCUT2D eigenvalue weighted by molar-refractivity contribution is 1.18. The lowest BCUT2D eigenvalue weighted by atomic mass is 9.95. The molecule has 0 N–H and O–H groups in total. The second kappa shape index (κ2) is 6.92. The highest BCUT2D eigenvalue weighted by molar-refractivity contribution is 6.09. The van der Waals surface area contributed by atoms with Gasteiger partial charge in [-0.2, -0.15) is 10.5 Å². The maximum Gasteiger partial charge on any atom is 0.0998 e. The Morgan fingerprint density at radius 1 is 0.667 bits per heavy atom.